The van der Waals surface area contributed by atoms with Gasteiger partial charge in [0.25, 0.3) is 5.91 Å². The molecule has 0 saturated carbocycles. The molecule has 114 valence electrons. The van der Waals surface area contributed by atoms with Gasteiger partial charge < -0.3 is 20.9 Å². The number of fused-ring (bicyclic) bond motifs is 1. The number of thiophene rings is 1. The lowest BCUT2D eigenvalue weighted by Crippen LogP contribution is -2.28. The minimum atomic E-state index is -0.632. The average molecular weight is 312 g/mol. The van der Waals surface area contributed by atoms with E-state index in [1.165, 1.54) is 13.2 Å². The lowest BCUT2D eigenvalue weighted by atomic mass is 10.2. The van der Waals surface area contributed by atoms with Crippen LogP contribution in [0.1, 0.15) is 16.1 Å². The largest absolute Gasteiger partial charge is 0.397 e. The maximum absolute atomic E-state index is 13.7. The number of carbonyl (C=O) groups is 1. The van der Waals surface area contributed by atoms with Crippen molar-refractivity contribution in [2.75, 3.05) is 26.0 Å². The molecule has 2 aromatic rings. The Morgan fingerprint density at radius 3 is 3.00 bits per heavy atom. The third kappa shape index (κ3) is 3.49. The molecule has 0 saturated heterocycles. The second kappa shape index (κ2) is 6.84. The fourth-order valence-electron chi connectivity index (χ4n) is 2.01. The van der Waals surface area contributed by atoms with Crippen LogP contribution in [0, 0.1) is 5.82 Å². The average Bonchev–Trinajstić information content (AvgIpc) is 2.78. The summed E-state index contributed by atoms with van der Waals surface area (Å²) in [5, 5.41) is 12.4. The normalized spacial score (nSPS) is 12.5. The van der Waals surface area contributed by atoms with Crippen molar-refractivity contribution in [3.8, 4) is 0 Å². The number of anilines is 1. The Balaban J connectivity index is 2.06. The van der Waals surface area contributed by atoms with Gasteiger partial charge in [-0.25, -0.2) is 4.39 Å². The molecule has 0 aliphatic rings. The van der Waals surface area contributed by atoms with Gasteiger partial charge in [0.2, 0.25) is 0 Å². The van der Waals surface area contributed by atoms with Crippen molar-refractivity contribution in [1.82, 2.24) is 5.32 Å². The molecular weight excluding hydrogens is 295 g/mol. The number of rotatable bonds is 6. The second-order valence-corrected chi connectivity index (χ2v) is 5.66. The number of carbonyl (C=O) groups excluding carboxylic acids is 1. The minimum absolute atomic E-state index is 0.156. The topological polar surface area (TPSA) is 84.6 Å². The van der Waals surface area contributed by atoms with E-state index in [-0.39, 0.29) is 28.5 Å². The van der Waals surface area contributed by atoms with E-state index >= 15 is 0 Å². The van der Waals surface area contributed by atoms with Gasteiger partial charge in [0.05, 0.1) is 23.8 Å². The predicted octanol–water partition coefficient (Wildman–Crippen LogP) is 1.75. The Hall–Kier alpha value is -1.70. The highest BCUT2D eigenvalue weighted by Gasteiger charge is 2.18. The van der Waals surface area contributed by atoms with Gasteiger partial charge in [0.15, 0.2) is 0 Å². The summed E-state index contributed by atoms with van der Waals surface area (Å²) in [4.78, 5) is 12.4. The van der Waals surface area contributed by atoms with Crippen LogP contribution in [0.3, 0.4) is 0 Å². The van der Waals surface area contributed by atoms with E-state index in [2.05, 4.69) is 5.32 Å². The molecule has 2 rings (SSSR count). The molecule has 5 nitrogen and oxygen atoms in total. The van der Waals surface area contributed by atoms with Crippen LogP contribution in [-0.4, -0.2) is 37.4 Å². The van der Waals surface area contributed by atoms with Crippen molar-refractivity contribution >= 4 is 33.0 Å². The van der Waals surface area contributed by atoms with Crippen LogP contribution in [0.4, 0.5) is 10.1 Å². The van der Waals surface area contributed by atoms with Crippen LogP contribution in [0.15, 0.2) is 18.2 Å². The molecule has 0 fully saturated rings. The Bertz CT molecular complexity index is 644. The van der Waals surface area contributed by atoms with Gasteiger partial charge in [-0.15, -0.1) is 11.3 Å². The standard InChI is InChI=1S/C14H17FN2O3S/c1-20-7-8(18)5-6-17-14(19)13-12(16)11-9(15)3-2-4-10(11)21-13/h2-4,8,18H,5-7,16H2,1H3,(H,17,19). The summed E-state index contributed by atoms with van der Waals surface area (Å²) < 4.78 is 19.1. The number of hydrogen-bond donors (Lipinski definition) is 3. The molecule has 1 aromatic heterocycles. The summed E-state index contributed by atoms with van der Waals surface area (Å²) in [5.41, 5.74) is 6.02. The zero-order chi connectivity index (χ0) is 15.4. The fourth-order valence-corrected chi connectivity index (χ4v) is 3.06. The van der Waals surface area contributed by atoms with Crippen molar-refractivity contribution in [2.24, 2.45) is 0 Å². The van der Waals surface area contributed by atoms with Gasteiger partial charge in [-0.05, 0) is 18.6 Å². The van der Waals surface area contributed by atoms with E-state index < -0.39 is 11.9 Å². The highest BCUT2D eigenvalue weighted by molar-refractivity contribution is 7.21. The molecule has 0 radical (unpaired) electrons. The van der Waals surface area contributed by atoms with Crippen LogP contribution in [0.2, 0.25) is 0 Å². The molecule has 1 heterocycles. The van der Waals surface area contributed by atoms with Gasteiger partial charge >= 0.3 is 0 Å². The SMILES string of the molecule is COCC(O)CCNC(=O)c1sc2cccc(F)c2c1N. The fraction of sp³-hybridized carbons (Fsp3) is 0.357. The highest BCUT2D eigenvalue weighted by Crippen LogP contribution is 2.35. The van der Waals surface area contributed by atoms with Crippen molar-refractivity contribution in [3.63, 3.8) is 0 Å². The van der Waals surface area contributed by atoms with Gasteiger partial charge in [-0.2, -0.15) is 0 Å². The molecule has 0 spiro atoms. The predicted molar refractivity (Wildman–Crippen MR) is 81.0 cm³/mol. The van der Waals surface area contributed by atoms with Gasteiger partial charge in [-0.1, -0.05) is 6.07 Å². The van der Waals surface area contributed by atoms with E-state index in [1.54, 1.807) is 12.1 Å². The smallest absolute Gasteiger partial charge is 0.263 e. The summed E-state index contributed by atoms with van der Waals surface area (Å²) in [6.45, 7) is 0.506. The van der Waals surface area contributed by atoms with E-state index in [9.17, 15) is 14.3 Å². The third-order valence-corrected chi connectivity index (χ3v) is 4.20. The lowest BCUT2D eigenvalue weighted by Gasteiger charge is -2.09. The molecule has 1 unspecified atom stereocenters. The Morgan fingerprint density at radius 1 is 1.57 bits per heavy atom. The number of aliphatic hydroxyl groups is 1. The molecule has 0 aliphatic carbocycles. The minimum Gasteiger partial charge on any atom is -0.397 e. The number of benzene rings is 1. The van der Waals surface area contributed by atoms with Crippen molar-refractivity contribution in [2.45, 2.75) is 12.5 Å². The van der Waals surface area contributed by atoms with Gasteiger partial charge in [0.1, 0.15) is 10.7 Å². The van der Waals surface area contributed by atoms with E-state index in [0.717, 1.165) is 11.3 Å². The lowest BCUT2D eigenvalue weighted by molar-refractivity contribution is 0.0588. The molecule has 1 atom stereocenters. The summed E-state index contributed by atoms with van der Waals surface area (Å²) >= 11 is 1.15. The Morgan fingerprint density at radius 2 is 2.33 bits per heavy atom. The van der Waals surface area contributed by atoms with Gasteiger partial charge in [0, 0.05) is 18.4 Å². The number of ether oxygens (including phenoxy) is 1. The number of nitrogens with one attached hydrogen (secondary N) is 1. The Kier molecular flexibility index (Phi) is 5.11. The number of nitrogens with two attached hydrogens (primary N) is 1. The number of nitrogen functional groups attached to an aromatic ring is 1. The van der Waals surface area contributed by atoms with Crippen LogP contribution in [-0.2, 0) is 4.74 Å². The van der Waals surface area contributed by atoms with E-state index in [0.29, 0.717) is 17.7 Å². The zero-order valence-corrected chi connectivity index (χ0v) is 12.4. The summed E-state index contributed by atoms with van der Waals surface area (Å²) in [6.07, 6.45) is -0.258. The summed E-state index contributed by atoms with van der Waals surface area (Å²) in [5.74, 6) is -0.798. The van der Waals surface area contributed by atoms with Crippen molar-refractivity contribution in [3.05, 3.63) is 28.9 Å². The number of methoxy groups -OCH3 is 1. The van der Waals surface area contributed by atoms with Crippen LogP contribution < -0.4 is 11.1 Å². The first kappa shape index (κ1) is 15.7. The van der Waals surface area contributed by atoms with E-state index in [4.69, 9.17) is 10.5 Å². The molecule has 1 aromatic carbocycles. The first-order valence-electron chi connectivity index (χ1n) is 6.46. The summed E-state index contributed by atoms with van der Waals surface area (Å²) in [7, 11) is 1.49. The maximum atomic E-state index is 13.7. The molecule has 1 amide bonds. The van der Waals surface area contributed by atoms with Crippen LogP contribution in [0.5, 0.6) is 0 Å². The number of amides is 1. The van der Waals surface area contributed by atoms with Crippen molar-refractivity contribution in [1.29, 1.82) is 0 Å². The number of halogens is 1. The molecular formula is C14H17FN2O3S. The molecule has 7 heteroatoms. The molecule has 4 N–H and O–H groups in total. The first-order valence-corrected chi connectivity index (χ1v) is 7.28. The maximum Gasteiger partial charge on any atom is 0.263 e. The quantitative estimate of drug-likeness (QED) is 0.758. The number of hydrogen-bond acceptors (Lipinski definition) is 5. The zero-order valence-electron chi connectivity index (χ0n) is 11.6. The monoisotopic (exact) mass is 312 g/mol. The van der Waals surface area contributed by atoms with Gasteiger partial charge in [-0.3, -0.25) is 4.79 Å². The third-order valence-electron chi connectivity index (χ3n) is 3.03. The molecule has 0 bridgehead atoms. The Labute approximate surface area is 125 Å². The highest BCUT2D eigenvalue weighted by atomic mass is 32.1. The van der Waals surface area contributed by atoms with Crippen LogP contribution >= 0.6 is 11.3 Å². The molecule has 21 heavy (non-hydrogen) atoms. The molecule has 0 aliphatic heterocycles. The summed E-state index contributed by atoms with van der Waals surface area (Å²) in [6, 6.07) is 4.61. The van der Waals surface area contributed by atoms with Crippen molar-refractivity contribution < 1.29 is 19.0 Å². The van der Waals surface area contributed by atoms with Crippen LogP contribution in [0.25, 0.3) is 10.1 Å². The van der Waals surface area contributed by atoms with E-state index in [1.807, 2.05) is 0 Å². The second-order valence-electron chi connectivity index (χ2n) is 4.61. The first-order chi connectivity index (χ1) is 10.0. The number of aliphatic hydroxyl groups excluding tert-OH is 1.